The van der Waals surface area contributed by atoms with Crippen molar-refractivity contribution in [2.45, 2.75) is 32.1 Å². The Kier molecular flexibility index (Phi) is 4.32. The van der Waals surface area contributed by atoms with Crippen LogP contribution < -0.4 is 11.1 Å². The molecule has 0 spiro atoms. The van der Waals surface area contributed by atoms with Gasteiger partial charge in [0.2, 0.25) is 0 Å². The molecule has 1 saturated carbocycles. The summed E-state index contributed by atoms with van der Waals surface area (Å²) >= 11 is 2.34. The van der Waals surface area contributed by atoms with E-state index in [1.165, 1.54) is 41.4 Å². The maximum Gasteiger partial charge on any atom is 0.0477 e. The van der Waals surface area contributed by atoms with Gasteiger partial charge < -0.3 is 11.1 Å². The maximum absolute atomic E-state index is 5.73. The molecule has 0 aliphatic heterocycles. The first kappa shape index (κ1) is 12.0. The molecule has 88 valence electrons. The molecule has 1 aliphatic rings. The molecule has 0 unspecified atom stereocenters. The molecule has 0 aromatic heterocycles. The third kappa shape index (κ3) is 3.27. The van der Waals surface area contributed by atoms with Gasteiger partial charge in [0, 0.05) is 21.5 Å². The monoisotopic (exact) mass is 330 g/mol. The Morgan fingerprint density at radius 2 is 2.00 bits per heavy atom. The van der Waals surface area contributed by atoms with Gasteiger partial charge in [0.1, 0.15) is 0 Å². The van der Waals surface area contributed by atoms with Crippen LogP contribution in [0.25, 0.3) is 0 Å². The molecule has 0 heterocycles. The van der Waals surface area contributed by atoms with E-state index in [0.29, 0.717) is 0 Å². The van der Waals surface area contributed by atoms with Crippen LogP contribution in [0.4, 0.5) is 11.4 Å². The number of nitrogen functional groups attached to an aromatic ring is 1. The Bertz CT molecular complexity index is 346. The van der Waals surface area contributed by atoms with Crippen LogP contribution in [0.2, 0.25) is 0 Å². The summed E-state index contributed by atoms with van der Waals surface area (Å²) in [7, 11) is 0. The summed E-state index contributed by atoms with van der Waals surface area (Å²) in [6.45, 7) is 1.11. The molecule has 0 atom stereocenters. The lowest BCUT2D eigenvalue weighted by Crippen LogP contribution is -2.17. The zero-order valence-corrected chi connectivity index (χ0v) is 11.7. The van der Waals surface area contributed by atoms with Gasteiger partial charge >= 0.3 is 0 Å². The van der Waals surface area contributed by atoms with Gasteiger partial charge in [-0.2, -0.15) is 0 Å². The molecule has 1 aliphatic carbocycles. The fourth-order valence-corrected chi connectivity index (χ4v) is 3.05. The van der Waals surface area contributed by atoms with E-state index in [4.69, 9.17) is 5.73 Å². The van der Waals surface area contributed by atoms with Crippen LogP contribution in [0.15, 0.2) is 18.2 Å². The average molecular weight is 330 g/mol. The summed E-state index contributed by atoms with van der Waals surface area (Å²) < 4.78 is 1.22. The van der Waals surface area contributed by atoms with Crippen LogP contribution in [0.5, 0.6) is 0 Å². The van der Waals surface area contributed by atoms with Crippen LogP contribution in [0.3, 0.4) is 0 Å². The van der Waals surface area contributed by atoms with Crippen LogP contribution in [0.1, 0.15) is 32.1 Å². The Morgan fingerprint density at radius 1 is 1.25 bits per heavy atom. The first-order valence-electron chi connectivity index (χ1n) is 6.04. The second kappa shape index (κ2) is 5.75. The minimum atomic E-state index is 0.840. The second-order valence-electron chi connectivity index (χ2n) is 4.62. The molecule has 16 heavy (non-hydrogen) atoms. The number of nitrogens with one attached hydrogen (secondary N) is 1. The lowest BCUT2D eigenvalue weighted by Gasteiger charge is -2.22. The number of hydrogen-bond donors (Lipinski definition) is 2. The third-order valence-electron chi connectivity index (χ3n) is 3.30. The van der Waals surface area contributed by atoms with E-state index in [2.05, 4.69) is 34.0 Å². The zero-order valence-electron chi connectivity index (χ0n) is 9.51. The van der Waals surface area contributed by atoms with Crippen molar-refractivity contribution in [3.05, 3.63) is 21.8 Å². The van der Waals surface area contributed by atoms with Gasteiger partial charge in [-0.25, -0.2) is 0 Å². The molecule has 1 fully saturated rings. The minimum absolute atomic E-state index is 0.840. The summed E-state index contributed by atoms with van der Waals surface area (Å²) in [5.41, 5.74) is 7.80. The van der Waals surface area contributed by atoms with Gasteiger partial charge in [0.15, 0.2) is 0 Å². The van der Waals surface area contributed by atoms with Gasteiger partial charge in [0.05, 0.1) is 0 Å². The lowest BCUT2D eigenvalue weighted by molar-refractivity contribution is 0.373. The largest absolute Gasteiger partial charge is 0.399 e. The molecule has 2 nitrogen and oxygen atoms in total. The number of benzene rings is 1. The summed E-state index contributed by atoms with van der Waals surface area (Å²) in [6, 6.07) is 6.06. The maximum atomic E-state index is 5.73. The van der Waals surface area contributed by atoms with E-state index in [-0.39, 0.29) is 0 Å². The number of hydrogen-bond acceptors (Lipinski definition) is 2. The van der Waals surface area contributed by atoms with E-state index < -0.39 is 0 Å². The number of nitrogens with two attached hydrogens (primary N) is 1. The molecule has 1 aromatic rings. The van der Waals surface area contributed by atoms with Crippen LogP contribution >= 0.6 is 22.6 Å². The quantitative estimate of drug-likeness (QED) is 0.652. The van der Waals surface area contributed by atoms with Gasteiger partial charge in [-0.1, -0.05) is 19.3 Å². The zero-order chi connectivity index (χ0) is 11.4. The van der Waals surface area contributed by atoms with Crippen molar-refractivity contribution in [3.63, 3.8) is 0 Å². The fourth-order valence-electron chi connectivity index (χ4n) is 2.32. The van der Waals surface area contributed by atoms with E-state index >= 15 is 0 Å². The standard InChI is InChI=1S/C13H19IN2/c14-12-8-11(15)6-7-13(12)16-9-10-4-2-1-3-5-10/h6-8,10,16H,1-5,9,15H2. The van der Waals surface area contributed by atoms with Crippen molar-refractivity contribution in [1.29, 1.82) is 0 Å². The van der Waals surface area contributed by atoms with Crippen molar-refractivity contribution in [3.8, 4) is 0 Å². The number of anilines is 2. The molecule has 3 N–H and O–H groups in total. The first-order chi connectivity index (χ1) is 7.75. The first-order valence-corrected chi connectivity index (χ1v) is 7.12. The normalized spacial score (nSPS) is 17.3. The Labute approximate surface area is 111 Å². The molecule has 1 aromatic carbocycles. The Balaban J connectivity index is 1.88. The van der Waals surface area contributed by atoms with Gasteiger partial charge in [-0.05, 0) is 59.5 Å². The minimum Gasteiger partial charge on any atom is -0.399 e. The van der Waals surface area contributed by atoms with Gasteiger partial charge in [-0.3, -0.25) is 0 Å². The predicted octanol–water partition coefficient (Wildman–Crippen LogP) is 3.87. The topological polar surface area (TPSA) is 38.0 Å². The molecular weight excluding hydrogens is 311 g/mol. The highest BCUT2D eigenvalue weighted by Crippen LogP contribution is 2.25. The van der Waals surface area contributed by atoms with Crippen LogP contribution in [-0.4, -0.2) is 6.54 Å². The van der Waals surface area contributed by atoms with Crippen molar-refractivity contribution in [2.24, 2.45) is 5.92 Å². The molecule has 0 radical (unpaired) electrons. The van der Waals surface area contributed by atoms with Crippen molar-refractivity contribution < 1.29 is 0 Å². The van der Waals surface area contributed by atoms with Gasteiger partial charge in [-0.15, -0.1) is 0 Å². The molecule has 3 heteroatoms. The molecule has 0 amide bonds. The SMILES string of the molecule is Nc1ccc(NCC2CCCCC2)c(I)c1. The van der Waals surface area contributed by atoms with E-state index in [9.17, 15) is 0 Å². The summed E-state index contributed by atoms with van der Waals surface area (Å²) in [5, 5.41) is 3.55. The van der Waals surface area contributed by atoms with Gasteiger partial charge in [0.25, 0.3) is 0 Å². The lowest BCUT2D eigenvalue weighted by atomic mass is 9.89. The highest BCUT2D eigenvalue weighted by Gasteiger charge is 2.13. The van der Waals surface area contributed by atoms with Crippen LogP contribution in [0, 0.1) is 9.49 Å². The highest BCUT2D eigenvalue weighted by molar-refractivity contribution is 14.1. The second-order valence-corrected chi connectivity index (χ2v) is 5.79. The molecular formula is C13H19IN2. The van der Waals surface area contributed by atoms with Crippen molar-refractivity contribution in [1.82, 2.24) is 0 Å². The summed E-state index contributed by atoms with van der Waals surface area (Å²) in [4.78, 5) is 0. The van der Waals surface area contributed by atoms with E-state index in [0.717, 1.165) is 18.2 Å². The van der Waals surface area contributed by atoms with Crippen molar-refractivity contribution >= 4 is 34.0 Å². The molecule has 0 saturated heterocycles. The van der Waals surface area contributed by atoms with Crippen LogP contribution in [-0.2, 0) is 0 Å². The molecule has 2 rings (SSSR count). The summed E-state index contributed by atoms with van der Waals surface area (Å²) in [5.74, 6) is 0.863. The fraction of sp³-hybridized carbons (Fsp3) is 0.538. The average Bonchev–Trinajstić information content (AvgIpc) is 2.29. The Morgan fingerprint density at radius 3 is 2.69 bits per heavy atom. The summed E-state index contributed by atoms with van der Waals surface area (Å²) in [6.07, 6.45) is 7.02. The van der Waals surface area contributed by atoms with Crippen molar-refractivity contribution in [2.75, 3.05) is 17.6 Å². The number of rotatable bonds is 3. The highest BCUT2D eigenvalue weighted by atomic mass is 127. The smallest absolute Gasteiger partial charge is 0.0477 e. The van der Waals surface area contributed by atoms with E-state index in [1.54, 1.807) is 0 Å². The number of halogens is 1. The predicted molar refractivity (Wildman–Crippen MR) is 78.6 cm³/mol. The third-order valence-corrected chi connectivity index (χ3v) is 4.19. The Hall–Kier alpha value is -0.450. The molecule has 0 bridgehead atoms. The van der Waals surface area contributed by atoms with E-state index in [1.807, 2.05) is 12.1 Å².